The van der Waals surface area contributed by atoms with E-state index in [-0.39, 0.29) is 18.1 Å². The Morgan fingerprint density at radius 3 is 2.41 bits per heavy atom. The minimum absolute atomic E-state index is 0.204. The second-order valence-electron chi connectivity index (χ2n) is 4.73. The monoisotopic (exact) mass is 343 g/mol. The molecule has 6 heteroatoms. The minimum atomic E-state index is -0.223. The van der Waals surface area contributed by atoms with Gasteiger partial charge in [-0.15, -0.1) is 0 Å². The van der Waals surface area contributed by atoms with E-state index in [1.54, 1.807) is 35.1 Å². The molecule has 0 fully saturated rings. The molecule has 1 N–H and O–H groups in total. The molecule has 0 amide bonds. The fourth-order valence-corrected chi connectivity index (χ4v) is 3.70. The number of ether oxygens (including phenoxy) is 1. The van der Waals surface area contributed by atoms with Crippen molar-refractivity contribution >= 4 is 27.6 Å². The number of phenolic OH excluding ortho intramolecular Hbond substituents is 1. The summed E-state index contributed by atoms with van der Waals surface area (Å²) in [7, 11) is 3.57. The molecule has 0 radical (unpaired) electrons. The highest BCUT2D eigenvalue weighted by molar-refractivity contribution is 8.76. The van der Waals surface area contributed by atoms with Gasteiger partial charge in [0.05, 0.1) is 6.42 Å². The van der Waals surface area contributed by atoms with Gasteiger partial charge in [0.15, 0.2) is 0 Å². The third kappa shape index (κ3) is 8.56. The van der Waals surface area contributed by atoms with Gasteiger partial charge in [-0.1, -0.05) is 47.6 Å². The maximum atomic E-state index is 11.6. The van der Waals surface area contributed by atoms with E-state index in [0.29, 0.717) is 6.61 Å². The number of hydrogen-bond acceptors (Lipinski definition) is 6. The van der Waals surface area contributed by atoms with Crippen LogP contribution >= 0.6 is 21.6 Å². The van der Waals surface area contributed by atoms with Gasteiger partial charge >= 0.3 is 5.97 Å². The molecule has 0 unspecified atom stereocenters. The van der Waals surface area contributed by atoms with E-state index in [2.05, 4.69) is 18.7 Å². The van der Waals surface area contributed by atoms with Gasteiger partial charge in [-0.25, -0.2) is 0 Å². The molecule has 0 aromatic heterocycles. The Labute approximate surface area is 141 Å². The standard InChI is InChI=1S/C16H25NO3S2/c1-3-17(4-2)9-11-21-22-12-10-20-16(19)13-14-5-7-15(18)8-6-14/h5-8,18H,3-4,9-13H2,1-2H3. The Balaban J connectivity index is 2.02. The molecule has 124 valence electrons. The Morgan fingerprint density at radius 2 is 1.77 bits per heavy atom. The summed E-state index contributed by atoms with van der Waals surface area (Å²) in [5, 5.41) is 9.18. The molecule has 1 aromatic rings. The molecule has 1 rings (SSSR count). The first-order valence-electron chi connectivity index (χ1n) is 7.56. The lowest BCUT2D eigenvalue weighted by molar-refractivity contribution is -0.142. The van der Waals surface area contributed by atoms with Gasteiger partial charge in [0.1, 0.15) is 12.4 Å². The van der Waals surface area contributed by atoms with Crippen LogP contribution < -0.4 is 0 Å². The van der Waals surface area contributed by atoms with E-state index in [1.165, 1.54) is 0 Å². The smallest absolute Gasteiger partial charge is 0.310 e. The van der Waals surface area contributed by atoms with Crippen molar-refractivity contribution in [1.82, 2.24) is 4.90 Å². The van der Waals surface area contributed by atoms with Gasteiger partial charge in [-0.3, -0.25) is 4.79 Å². The molecule has 1 aromatic carbocycles. The van der Waals surface area contributed by atoms with Crippen LogP contribution in [0.4, 0.5) is 0 Å². The number of carbonyl (C=O) groups is 1. The van der Waals surface area contributed by atoms with E-state index in [0.717, 1.165) is 36.7 Å². The van der Waals surface area contributed by atoms with E-state index >= 15 is 0 Å². The molecule has 0 saturated carbocycles. The Morgan fingerprint density at radius 1 is 1.14 bits per heavy atom. The lowest BCUT2D eigenvalue weighted by Crippen LogP contribution is -2.25. The maximum absolute atomic E-state index is 11.6. The van der Waals surface area contributed by atoms with Crippen LogP contribution in [0.3, 0.4) is 0 Å². The average molecular weight is 344 g/mol. The van der Waals surface area contributed by atoms with Crippen molar-refractivity contribution in [3.05, 3.63) is 29.8 Å². The first kappa shape index (κ1) is 19.2. The van der Waals surface area contributed by atoms with Gasteiger partial charge in [-0.05, 0) is 30.8 Å². The van der Waals surface area contributed by atoms with Crippen molar-refractivity contribution in [1.29, 1.82) is 0 Å². The molecule has 0 saturated heterocycles. The molecule has 0 aliphatic heterocycles. The molecule has 0 aliphatic carbocycles. The van der Waals surface area contributed by atoms with Crippen LogP contribution in [0.1, 0.15) is 19.4 Å². The first-order valence-corrected chi connectivity index (χ1v) is 10.0. The molecular weight excluding hydrogens is 318 g/mol. The molecule has 0 bridgehead atoms. The predicted octanol–water partition coefficient (Wildman–Crippen LogP) is 3.20. The molecule has 0 atom stereocenters. The van der Waals surface area contributed by atoms with Gasteiger partial charge in [0.25, 0.3) is 0 Å². The summed E-state index contributed by atoms with van der Waals surface area (Å²) in [5.74, 6) is 1.88. The van der Waals surface area contributed by atoms with Crippen LogP contribution in [-0.2, 0) is 16.0 Å². The Hall–Kier alpha value is -0.850. The van der Waals surface area contributed by atoms with Crippen LogP contribution in [0.5, 0.6) is 5.75 Å². The van der Waals surface area contributed by atoms with E-state index in [1.807, 2.05) is 10.8 Å². The number of benzene rings is 1. The van der Waals surface area contributed by atoms with Crippen molar-refractivity contribution < 1.29 is 14.6 Å². The maximum Gasteiger partial charge on any atom is 0.310 e. The fraction of sp³-hybridized carbons (Fsp3) is 0.562. The van der Waals surface area contributed by atoms with Crippen LogP contribution in [0.2, 0.25) is 0 Å². The number of rotatable bonds is 11. The highest BCUT2D eigenvalue weighted by Crippen LogP contribution is 2.20. The zero-order valence-corrected chi connectivity index (χ0v) is 14.9. The number of aromatic hydroxyl groups is 1. The second kappa shape index (κ2) is 11.7. The third-order valence-corrected chi connectivity index (χ3v) is 5.53. The van der Waals surface area contributed by atoms with Crippen molar-refractivity contribution in [3.8, 4) is 5.75 Å². The molecule has 0 spiro atoms. The van der Waals surface area contributed by atoms with E-state index in [4.69, 9.17) is 4.74 Å². The van der Waals surface area contributed by atoms with Crippen LogP contribution in [-0.4, -0.2) is 53.7 Å². The Bertz CT molecular complexity index is 422. The lowest BCUT2D eigenvalue weighted by Gasteiger charge is -2.16. The number of hydrogen-bond donors (Lipinski definition) is 1. The fourth-order valence-electron chi connectivity index (χ4n) is 1.85. The highest BCUT2D eigenvalue weighted by atomic mass is 33.1. The second-order valence-corrected chi connectivity index (χ2v) is 7.44. The Kier molecular flexibility index (Phi) is 10.2. The van der Waals surface area contributed by atoms with E-state index in [9.17, 15) is 9.90 Å². The summed E-state index contributed by atoms with van der Waals surface area (Å²) in [6.45, 7) is 8.09. The number of esters is 1. The highest BCUT2D eigenvalue weighted by Gasteiger charge is 2.05. The molecular formula is C16H25NO3S2. The van der Waals surface area contributed by atoms with Crippen molar-refractivity contribution in [2.45, 2.75) is 20.3 Å². The van der Waals surface area contributed by atoms with Crippen molar-refractivity contribution in [2.75, 3.05) is 37.7 Å². The van der Waals surface area contributed by atoms with Crippen molar-refractivity contribution in [3.63, 3.8) is 0 Å². The first-order chi connectivity index (χ1) is 10.7. The summed E-state index contributed by atoms with van der Waals surface area (Å²) in [4.78, 5) is 14.0. The summed E-state index contributed by atoms with van der Waals surface area (Å²) < 4.78 is 5.20. The predicted molar refractivity (Wildman–Crippen MR) is 95.5 cm³/mol. The normalized spacial score (nSPS) is 10.9. The minimum Gasteiger partial charge on any atom is -0.508 e. The van der Waals surface area contributed by atoms with Gasteiger partial charge in [-0.2, -0.15) is 0 Å². The van der Waals surface area contributed by atoms with Crippen LogP contribution in [0, 0.1) is 0 Å². The summed E-state index contributed by atoms with van der Waals surface area (Å²) in [5.41, 5.74) is 0.851. The summed E-state index contributed by atoms with van der Waals surface area (Å²) >= 11 is 0. The number of carbonyl (C=O) groups excluding carboxylic acids is 1. The SMILES string of the molecule is CCN(CC)CCSSCCOC(=O)Cc1ccc(O)cc1. The number of phenols is 1. The topological polar surface area (TPSA) is 49.8 Å². The van der Waals surface area contributed by atoms with Crippen molar-refractivity contribution in [2.24, 2.45) is 0 Å². The van der Waals surface area contributed by atoms with Crippen LogP contribution in [0.25, 0.3) is 0 Å². The summed E-state index contributed by atoms with van der Waals surface area (Å²) in [6.07, 6.45) is 0.250. The largest absolute Gasteiger partial charge is 0.508 e. The zero-order chi connectivity index (χ0) is 16.2. The van der Waals surface area contributed by atoms with Crippen LogP contribution in [0.15, 0.2) is 24.3 Å². The zero-order valence-electron chi connectivity index (χ0n) is 13.3. The van der Waals surface area contributed by atoms with Gasteiger partial charge < -0.3 is 14.7 Å². The average Bonchev–Trinajstić information content (AvgIpc) is 2.52. The quantitative estimate of drug-likeness (QED) is 0.378. The molecule has 0 heterocycles. The van der Waals surface area contributed by atoms with Gasteiger partial charge in [0, 0.05) is 18.1 Å². The summed E-state index contributed by atoms with van der Waals surface area (Å²) in [6, 6.07) is 6.61. The molecule has 0 aliphatic rings. The van der Waals surface area contributed by atoms with E-state index < -0.39 is 0 Å². The molecule has 22 heavy (non-hydrogen) atoms. The number of nitrogens with zero attached hydrogens (tertiary/aromatic N) is 1. The molecule has 4 nitrogen and oxygen atoms in total. The lowest BCUT2D eigenvalue weighted by atomic mass is 10.1. The third-order valence-electron chi connectivity index (χ3n) is 3.18. The van der Waals surface area contributed by atoms with Gasteiger partial charge in [0.2, 0.25) is 0 Å².